The first kappa shape index (κ1) is 18.6. The molecule has 6 nitrogen and oxygen atoms in total. The number of carbonyl (C=O) groups is 1. The number of hydrogen-bond donors (Lipinski definition) is 1. The van der Waals surface area contributed by atoms with E-state index in [0.29, 0.717) is 16.9 Å². The van der Waals surface area contributed by atoms with Crippen LogP contribution >= 0.6 is 11.3 Å². The largest absolute Gasteiger partial charge is 0.320 e. The molecule has 0 atom stereocenters. The maximum Gasteiger partial charge on any atom is 0.265 e. The van der Waals surface area contributed by atoms with Gasteiger partial charge in [-0.15, -0.1) is 11.3 Å². The van der Waals surface area contributed by atoms with Crippen molar-refractivity contribution in [2.75, 3.05) is 16.7 Å². The van der Waals surface area contributed by atoms with Crippen molar-refractivity contribution in [1.82, 2.24) is 0 Å². The van der Waals surface area contributed by atoms with Gasteiger partial charge in [0.25, 0.3) is 15.9 Å². The third-order valence-corrected chi connectivity index (χ3v) is 6.71. The first-order valence-corrected chi connectivity index (χ1v) is 10.2. The van der Waals surface area contributed by atoms with Gasteiger partial charge in [0.15, 0.2) is 0 Å². The summed E-state index contributed by atoms with van der Waals surface area (Å²) >= 11 is 1.03. The van der Waals surface area contributed by atoms with Gasteiger partial charge in [-0.05, 0) is 30.3 Å². The first-order valence-electron chi connectivity index (χ1n) is 7.86. The monoisotopic (exact) mass is 397 g/mol. The third-order valence-electron chi connectivity index (χ3n) is 3.87. The van der Waals surface area contributed by atoms with Crippen LogP contribution in [0.4, 0.5) is 11.4 Å². The fraction of sp³-hybridized carbons (Fsp3) is 0.0526. The molecule has 0 bridgehead atoms. The van der Waals surface area contributed by atoms with Gasteiger partial charge >= 0.3 is 0 Å². The van der Waals surface area contributed by atoms with E-state index < -0.39 is 15.9 Å². The van der Waals surface area contributed by atoms with Gasteiger partial charge in [-0.3, -0.25) is 9.10 Å². The van der Waals surface area contributed by atoms with Crippen molar-refractivity contribution in [1.29, 1.82) is 5.26 Å². The second-order valence-corrected chi connectivity index (χ2v) is 8.45. The van der Waals surface area contributed by atoms with Gasteiger partial charge in [0.1, 0.15) is 6.07 Å². The summed E-state index contributed by atoms with van der Waals surface area (Å²) in [6, 6.07) is 18.6. The number of nitriles is 1. The predicted octanol–water partition coefficient (Wildman–Crippen LogP) is 3.70. The summed E-state index contributed by atoms with van der Waals surface area (Å²) in [5, 5.41) is 13.2. The summed E-state index contributed by atoms with van der Waals surface area (Å²) in [4.78, 5) is 12.7. The molecule has 0 aliphatic carbocycles. The van der Waals surface area contributed by atoms with Crippen LogP contribution in [0.5, 0.6) is 0 Å². The van der Waals surface area contributed by atoms with Gasteiger partial charge in [-0.25, -0.2) is 8.42 Å². The quantitative estimate of drug-likeness (QED) is 0.711. The van der Waals surface area contributed by atoms with E-state index in [1.54, 1.807) is 54.6 Å². The van der Waals surface area contributed by atoms with Crippen molar-refractivity contribution < 1.29 is 13.2 Å². The zero-order chi connectivity index (χ0) is 19.4. The molecule has 8 heteroatoms. The summed E-state index contributed by atoms with van der Waals surface area (Å²) in [6.45, 7) is 0. The Morgan fingerprint density at radius 3 is 2.48 bits per heavy atom. The number of para-hydroxylation sites is 2. The maximum atomic E-state index is 12.8. The molecule has 0 saturated carbocycles. The van der Waals surface area contributed by atoms with Crippen LogP contribution in [0.15, 0.2) is 70.9 Å². The second kappa shape index (κ2) is 7.61. The molecule has 27 heavy (non-hydrogen) atoms. The minimum absolute atomic E-state index is 0.0394. The van der Waals surface area contributed by atoms with Crippen LogP contribution in [0.3, 0.4) is 0 Å². The van der Waals surface area contributed by atoms with Crippen LogP contribution in [0.1, 0.15) is 15.2 Å². The minimum Gasteiger partial charge on any atom is -0.320 e. The number of anilines is 2. The van der Waals surface area contributed by atoms with Crippen LogP contribution in [-0.4, -0.2) is 21.4 Å². The number of carbonyl (C=O) groups excluding carboxylic acids is 1. The lowest BCUT2D eigenvalue weighted by Gasteiger charge is -2.18. The molecule has 1 aromatic heterocycles. The molecule has 0 fully saturated rings. The Hall–Kier alpha value is -3.15. The van der Waals surface area contributed by atoms with Gasteiger partial charge in [0, 0.05) is 12.4 Å². The molecule has 1 N–H and O–H groups in total. The number of rotatable bonds is 5. The number of thiophene rings is 1. The molecule has 0 radical (unpaired) electrons. The Bertz CT molecular complexity index is 1120. The van der Waals surface area contributed by atoms with Gasteiger partial charge < -0.3 is 5.32 Å². The van der Waals surface area contributed by atoms with Crippen LogP contribution in [-0.2, 0) is 10.0 Å². The van der Waals surface area contributed by atoms with Crippen molar-refractivity contribution in [2.24, 2.45) is 0 Å². The highest BCUT2D eigenvalue weighted by Gasteiger charge is 2.24. The zero-order valence-electron chi connectivity index (χ0n) is 14.3. The summed E-state index contributed by atoms with van der Waals surface area (Å²) in [5.41, 5.74) is 1.24. The molecule has 0 unspecified atom stereocenters. The van der Waals surface area contributed by atoms with Crippen LogP contribution in [0, 0.1) is 11.3 Å². The molecule has 2 aromatic carbocycles. The Labute approximate surface area is 161 Å². The molecule has 3 rings (SSSR count). The van der Waals surface area contributed by atoms with E-state index in [4.69, 9.17) is 5.26 Å². The minimum atomic E-state index is -3.78. The van der Waals surface area contributed by atoms with E-state index >= 15 is 0 Å². The van der Waals surface area contributed by atoms with Crippen molar-refractivity contribution in [3.63, 3.8) is 0 Å². The summed E-state index contributed by atoms with van der Waals surface area (Å²) in [7, 11) is -2.32. The molecule has 1 heterocycles. The molecule has 0 saturated heterocycles. The van der Waals surface area contributed by atoms with Crippen molar-refractivity contribution in [2.45, 2.75) is 4.90 Å². The molecule has 3 aromatic rings. The summed E-state index contributed by atoms with van der Waals surface area (Å²) < 4.78 is 26.7. The van der Waals surface area contributed by atoms with Gasteiger partial charge in [-0.2, -0.15) is 5.26 Å². The van der Waals surface area contributed by atoms with E-state index in [9.17, 15) is 13.2 Å². The highest BCUT2D eigenvalue weighted by Crippen LogP contribution is 2.26. The molecule has 1 amide bonds. The standard InChI is InChI=1S/C19H15N3O3S2/c1-22(15-8-3-2-4-9-15)27(24,25)16-11-18(26-13-16)19(23)21-17-10-6-5-7-14(17)12-20/h2-11,13H,1H3,(H,21,23). The van der Waals surface area contributed by atoms with Crippen molar-refractivity contribution >= 4 is 38.6 Å². The Morgan fingerprint density at radius 1 is 1.11 bits per heavy atom. The normalized spacial score (nSPS) is 10.8. The number of hydrogen-bond acceptors (Lipinski definition) is 5. The zero-order valence-corrected chi connectivity index (χ0v) is 15.9. The van der Waals surface area contributed by atoms with Crippen LogP contribution in [0.2, 0.25) is 0 Å². The number of sulfonamides is 1. The summed E-state index contributed by atoms with van der Waals surface area (Å²) in [6.07, 6.45) is 0. The number of amides is 1. The molecule has 0 aliphatic heterocycles. The number of nitrogens with zero attached hydrogens (tertiary/aromatic N) is 2. The van der Waals surface area contributed by atoms with E-state index in [0.717, 1.165) is 11.3 Å². The molecular weight excluding hydrogens is 382 g/mol. The second-order valence-electron chi connectivity index (χ2n) is 5.57. The van der Waals surface area contributed by atoms with Gasteiger partial charge in [0.2, 0.25) is 0 Å². The fourth-order valence-corrected chi connectivity index (χ4v) is 4.73. The fourth-order valence-electron chi connectivity index (χ4n) is 2.38. The average Bonchev–Trinajstić information content (AvgIpc) is 3.20. The molecule has 0 aliphatic rings. The topological polar surface area (TPSA) is 90.3 Å². The first-order chi connectivity index (χ1) is 12.9. The number of benzene rings is 2. The van der Waals surface area contributed by atoms with Crippen molar-refractivity contribution in [3.05, 3.63) is 76.5 Å². The van der Waals surface area contributed by atoms with E-state index in [1.165, 1.54) is 22.8 Å². The SMILES string of the molecule is CN(c1ccccc1)S(=O)(=O)c1csc(C(=O)Nc2ccccc2C#N)c1. The van der Waals surface area contributed by atoms with Crippen LogP contribution in [0.25, 0.3) is 0 Å². The predicted molar refractivity (Wildman–Crippen MR) is 105 cm³/mol. The maximum absolute atomic E-state index is 12.8. The Balaban J connectivity index is 1.84. The number of nitrogens with one attached hydrogen (secondary N) is 1. The van der Waals surface area contributed by atoms with Crippen molar-refractivity contribution in [3.8, 4) is 6.07 Å². The average molecular weight is 397 g/mol. The summed E-state index contributed by atoms with van der Waals surface area (Å²) in [5.74, 6) is -0.466. The third kappa shape index (κ3) is 3.84. The molecule has 0 spiro atoms. The molecular formula is C19H15N3O3S2. The highest BCUT2D eigenvalue weighted by atomic mass is 32.2. The Morgan fingerprint density at radius 2 is 1.78 bits per heavy atom. The lowest BCUT2D eigenvalue weighted by Crippen LogP contribution is -2.26. The smallest absolute Gasteiger partial charge is 0.265 e. The van der Waals surface area contributed by atoms with Crippen LogP contribution < -0.4 is 9.62 Å². The lowest BCUT2D eigenvalue weighted by atomic mass is 10.2. The van der Waals surface area contributed by atoms with E-state index in [2.05, 4.69) is 5.32 Å². The Kier molecular flexibility index (Phi) is 5.26. The highest BCUT2D eigenvalue weighted by molar-refractivity contribution is 7.93. The lowest BCUT2D eigenvalue weighted by molar-refractivity contribution is 0.103. The van der Waals surface area contributed by atoms with E-state index in [1.807, 2.05) is 6.07 Å². The molecule has 136 valence electrons. The van der Waals surface area contributed by atoms with Gasteiger partial charge in [0.05, 0.1) is 26.7 Å². The van der Waals surface area contributed by atoms with E-state index in [-0.39, 0.29) is 9.77 Å². The van der Waals surface area contributed by atoms with Gasteiger partial charge in [-0.1, -0.05) is 30.3 Å².